The quantitative estimate of drug-likeness (QED) is 0.661. The van der Waals surface area contributed by atoms with Gasteiger partial charge >= 0.3 is 0 Å². The summed E-state index contributed by atoms with van der Waals surface area (Å²) in [4.78, 5) is 13.2. The number of hydrogen-bond donors (Lipinski definition) is 2. The number of ether oxygens (including phenoxy) is 1. The van der Waals surface area contributed by atoms with Crippen molar-refractivity contribution in [2.45, 2.75) is 43.1 Å². The molecule has 0 aromatic heterocycles. The Hall–Kier alpha value is -1.98. The zero-order valence-corrected chi connectivity index (χ0v) is 15.5. The normalized spacial score (nSPS) is 11.9. The first-order valence-corrected chi connectivity index (χ1v) is 9.24. The molecule has 1 amide bonds. The highest BCUT2D eigenvalue weighted by atomic mass is 32.2. The average Bonchev–Trinajstić information content (AvgIpc) is 2.61. The summed E-state index contributed by atoms with van der Waals surface area (Å²) in [5.74, 6) is 0.329. The molecule has 0 aliphatic rings. The Bertz CT molecular complexity index is 673. The fraction of sp³-hybridized carbons (Fsp3) is 0.350. The number of rotatable bonds is 9. The van der Waals surface area contributed by atoms with Gasteiger partial charge in [-0.2, -0.15) is 0 Å². The predicted molar refractivity (Wildman–Crippen MR) is 102 cm³/mol. The van der Waals surface area contributed by atoms with E-state index in [1.807, 2.05) is 36.4 Å². The van der Waals surface area contributed by atoms with E-state index in [2.05, 4.69) is 12.2 Å². The Morgan fingerprint density at radius 3 is 2.52 bits per heavy atom. The number of phenolic OH excluding ortho intramolecular Hbond substituents is 1. The van der Waals surface area contributed by atoms with Crippen LogP contribution in [0.5, 0.6) is 5.75 Å². The molecule has 25 heavy (non-hydrogen) atoms. The van der Waals surface area contributed by atoms with Crippen LogP contribution in [-0.4, -0.2) is 23.4 Å². The standard InChI is InChI=1S/C20H25NO3S/c1-15(25-19-10-8-18(22)9-11-19)7-12-20(23)21-13-16-5-3-4-6-17(16)14-24-2/h3-6,8-11,15,22H,7,12-14H2,1-2H3,(H,21,23). The van der Waals surface area contributed by atoms with Crippen LogP contribution in [0.25, 0.3) is 0 Å². The first-order chi connectivity index (χ1) is 12.1. The van der Waals surface area contributed by atoms with Crippen LogP contribution >= 0.6 is 11.8 Å². The Kier molecular flexibility index (Phi) is 7.82. The number of carbonyl (C=O) groups is 1. The maximum Gasteiger partial charge on any atom is 0.220 e. The minimum Gasteiger partial charge on any atom is -0.508 e. The van der Waals surface area contributed by atoms with Gasteiger partial charge in [-0.1, -0.05) is 31.2 Å². The molecule has 0 bridgehead atoms. The second-order valence-electron chi connectivity index (χ2n) is 5.94. The van der Waals surface area contributed by atoms with Crippen LogP contribution in [0, 0.1) is 0 Å². The van der Waals surface area contributed by atoms with Crippen LogP contribution in [0.15, 0.2) is 53.4 Å². The van der Waals surface area contributed by atoms with Gasteiger partial charge in [-0.3, -0.25) is 4.79 Å². The van der Waals surface area contributed by atoms with E-state index in [0.717, 1.165) is 22.4 Å². The van der Waals surface area contributed by atoms with Crippen LogP contribution in [0.1, 0.15) is 30.9 Å². The third kappa shape index (κ3) is 6.80. The highest BCUT2D eigenvalue weighted by Crippen LogP contribution is 2.27. The van der Waals surface area contributed by atoms with Crippen LogP contribution < -0.4 is 5.32 Å². The Morgan fingerprint density at radius 2 is 1.84 bits per heavy atom. The number of aromatic hydroxyl groups is 1. The fourth-order valence-electron chi connectivity index (χ4n) is 2.46. The van der Waals surface area contributed by atoms with Crippen molar-refractivity contribution < 1.29 is 14.6 Å². The van der Waals surface area contributed by atoms with E-state index in [9.17, 15) is 9.90 Å². The second kappa shape index (κ2) is 10.1. The number of benzene rings is 2. The lowest BCUT2D eigenvalue weighted by Gasteiger charge is -2.12. The maximum atomic E-state index is 12.1. The van der Waals surface area contributed by atoms with Crippen LogP contribution in [0.3, 0.4) is 0 Å². The molecule has 4 nitrogen and oxygen atoms in total. The summed E-state index contributed by atoms with van der Waals surface area (Å²) in [5, 5.41) is 12.6. The van der Waals surface area contributed by atoms with Crippen LogP contribution in [0.2, 0.25) is 0 Å². The molecule has 0 radical (unpaired) electrons. The molecule has 5 heteroatoms. The molecule has 1 unspecified atom stereocenters. The SMILES string of the molecule is COCc1ccccc1CNC(=O)CCC(C)Sc1ccc(O)cc1. The second-order valence-corrected chi connectivity index (χ2v) is 7.45. The number of hydrogen-bond acceptors (Lipinski definition) is 4. The summed E-state index contributed by atoms with van der Waals surface area (Å²) in [6, 6.07) is 15.1. The van der Waals surface area contributed by atoms with E-state index in [1.165, 1.54) is 0 Å². The largest absolute Gasteiger partial charge is 0.508 e. The molecule has 2 rings (SSSR count). The van der Waals surface area contributed by atoms with E-state index in [-0.39, 0.29) is 11.7 Å². The number of nitrogens with one attached hydrogen (secondary N) is 1. The summed E-state index contributed by atoms with van der Waals surface area (Å²) in [5.41, 5.74) is 2.19. The predicted octanol–water partition coefficient (Wildman–Crippen LogP) is 4.12. The average molecular weight is 359 g/mol. The van der Waals surface area contributed by atoms with Gasteiger partial charge in [0.05, 0.1) is 6.61 Å². The monoisotopic (exact) mass is 359 g/mol. The van der Waals surface area contributed by atoms with Gasteiger partial charge < -0.3 is 15.2 Å². The number of thioether (sulfide) groups is 1. The lowest BCUT2D eigenvalue weighted by atomic mass is 10.1. The summed E-state index contributed by atoms with van der Waals surface area (Å²) < 4.78 is 5.19. The molecule has 0 heterocycles. The van der Waals surface area contributed by atoms with Crippen molar-refractivity contribution in [1.82, 2.24) is 5.32 Å². The van der Waals surface area contributed by atoms with Gasteiger partial charge in [-0.05, 0) is 41.8 Å². The highest BCUT2D eigenvalue weighted by Gasteiger charge is 2.09. The van der Waals surface area contributed by atoms with E-state index in [1.54, 1.807) is 31.0 Å². The summed E-state index contributed by atoms with van der Waals surface area (Å²) in [7, 11) is 1.67. The van der Waals surface area contributed by atoms with Gasteiger partial charge in [0.15, 0.2) is 0 Å². The van der Waals surface area contributed by atoms with Gasteiger partial charge in [-0.25, -0.2) is 0 Å². The van der Waals surface area contributed by atoms with E-state index < -0.39 is 0 Å². The Balaban J connectivity index is 1.74. The topological polar surface area (TPSA) is 58.6 Å². The molecular formula is C20H25NO3S. The number of methoxy groups -OCH3 is 1. The molecule has 0 aliphatic carbocycles. The fourth-order valence-corrected chi connectivity index (χ4v) is 3.45. The van der Waals surface area contributed by atoms with Crippen LogP contribution in [0.4, 0.5) is 0 Å². The molecule has 0 spiro atoms. The third-order valence-electron chi connectivity index (χ3n) is 3.85. The van der Waals surface area contributed by atoms with Crippen molar-refractivity contribution in [2.75, 3.05) is 7.11 Å². The molecule has 1 atom stereocenters. The van der Waals surface area contributed by atoms with Gasteiger partial charge in [0.1, 0.15) is 5.75 Å². The molecule has 134 valence electrons. The van der Waals surface area contributed by atoms with Crippen molar-refractivity contribution >= 4 is 17.7 Å². The molecule has 2 N–H and O–H groups in total. The number of amides is 1. The van der Waals surface area contributed by atoms with Crippen molar-refractivity contribution in [1.29, 1.82) is 0 Å². The lowest BCUT2D eigenvalue weighted by Crippen LogP contribution is -2.23. The minimum atomic E-state index is 0.0605. The van der Waals surface area contributed by atoms with Crippen molar-refractivity contribution in [3.05, 3.63) is 59.7 Å². The minimum absolute atomic E-state index is 0.0605. The zero-order valence-electron chi connectivity index (χ0n) is 14.7. The molecule has 0 saturated heterocycles. The first kappa shape index (κ1) is 19.3. The molecular weight excluding hydrogens is 334 g/mol. The van der Waals surface area contributed by atoms with Gasteiger partial charge in [0, 0.05) is 30.2 Å². The van der Waals surface area contributed by atoms with Gasteiger partial charge in [-0.15, -0.1) is 11.8 Å². The summed E-state index contributed by atoms with van der Waals surface area (Å²) in [6.45, 7) is 3.18. The maximum absolute atomic E-state index is 12.1. The molecule has 2 aromatic rings. The molecule has 0 aliphatic heterocycles. The van der Waals surface area contributed by atoms with E-state index in [4.69, 9.17) is 4.74 Å². The summed E-state index contributed by atoms with van der Waals surface area (Å²) in [6.07, 6.45) is 1.30. The third-order valence-corrected chi connectivity index (χ3v) is 5.03. The Morgan fingerprint density at radius 1 is 1.16 bits per heavy atom. The van der Waals surface area contributed by atoms with E-state index >= 15 is 0 Å². The smallest absolute Gasteiger partial charge is 0.220 e. The summed E-state index contributed by atoms with van der Waals surface area (Å²) >= 11 is 1.71. The molecule has 0 fully saturated rings. The van der Waals surface area contributed by atoms with Gasteiger partial charge in [0.25, 0.3) is 0 Å². The number of carbonyl (C=O) groups excluding carboxylic acids is 1. The van der Waals surface area contributed by atoms with Crippen LogP contribution in [-0.2, 0) is 22.7 Å². The zero-order chi connectivity index (χ0) is 18.1. The Labute approximate surface area is 153 Å². The van der Waals surface area contributed by atoms with E-state index in [0.29, 0.717) is 24.8 Å². The van der Waals surface area contributed by atoms with Gasteiger partial charge in [0.2, 0.25) is 5.91 Å². The lowest BCUT2D eigenvalue weighted by molar-refractivity contribution is -0.121. The van der Waals surface area contributed by atoms with Crippen molar-refractivity contribution in [2.24, 2.45) is 0 Å². The van der Waals surface area contributed by atoms with Crippen molar-refractivity contribution in [3.8, 4) is 5.75 Å². The molecule has 2 aromatic carbocycles. The molecule has 0 saturated carbocycles. The highest BCUT2D eigenvalue weighted by molar-refractivity contribution is 7.99. The first-order valence-electron chi connectivity index (χ1n) is 8.36. The van der Waals surface area contributed by atoms with Crippen molar-refractivity contribution in [3.63, 3.8) is 0 Å². The number of phenols is 1.